The predicted molar refractivity (Wildman–Crippen MR) is 123 cm³/mol. The molecule has 0 aromatic rings. The summed E-state index contributed by atoms with van der Waals surface area (Å²) in [6.45, 7) is 8.85. The van der Waals surface area contributed by atoms with Crippen molar-refractivity contribution in [3.05, 3.63) is 22.8 Å². The molecular weight excluding hydrogens is 424 g/mol. The Hall–Kier alpha value is -1.42. The van der Waals surface area contributed by atoms with Crippen molar-refractivity contribution in [2.75, 3.05) is 7.11 Å². The van der Waals surface area contributed by atoms with Crippen LogP contribution in [0.25, 0.3) is 0 Å². The van der Waals surface area contributed by atoms with Crippen LogP contribution in [0.15, 0.2) is 22.8 Å². The highest BCUT2D eigenvalue weighted by Crippen LogP contribution is 2.74. The first-order valence-corrected chi connectivity index (χ1v) is 12.7. The smallest absolute Gasteiger partial charge is 0.311 e. The van der Waals surface area contributed by atoms with Crippen LogP contribution in [0.3, 0.4) is 0 Å². The van der Waals surface area contributed by atoms with Crippen molar-refractivity contribution in [2.45, 2.75) is 66.2 Å². The third kappa shape index (κ3) is 2.59. The van der Waals surface area contributed by atoms with E-state index in [9.17, 15) is 14.4 Å². The van der Waals surface area contributed by atoms with Crippen molar-refractivity contribution < 1.29 is 19.1 Å². The van der Waals surface area contributed by atoms with Crippen LogP contribution in [0.1, 0.15) is 66.2 Å². The lowest BCUT2D eigenvalue weighted by atomic mass is 9.33. The van der Waals surface area contributed by atoms with Gasteiger partial charge in [-0.25, -0.2) is 0 Å². The summed E-state index contributed by atoms with van der Waals surface area (Å²) < 4.78 is 5.29. The minimum atomic E-state index is -0.492. The molecule has 0 N–H and O–H groups in total. The number of ether oxygens (including phenoxy) is 1. The number of rotatable bonds is 2. The molecule has 0 amide bonds. The number of carbonyl (C=O) groups excluding carboxylic acids is 3. The standard InChI is InChI=1S/C27H35ClO4/c1-14(2)16-13-27-10-7-19-25(3,8-6-9-26(19,4)24(31)32-5)20(27)11-15(16)21-18(29)12-17(28)23(30)22(21)27/h12-15,19-22H,6-11H2,1-5H3/t15-,19-,20-,21+,22-,25-,26+,27+/m0/s1. The van der Waals surface area contributed by atoms with E-state index in [1.165, 1.54) is 18.8 Å². The maximum atomic E-state index is 13.5. The molecule has 1 spiro atoms. The van der Waals surface area contributed by atoms with Crippen LogP contribution in [0.5, 0.6) is 0 Å². The summed E-state index contributed by atoms with van der Waals surface area (Å²) in [4.78, 5) is 39.7. The molecule has 6 aliphatic rings. The van der Waals surface area contributed by atoms with Gasteiger partial charge in [-0.1, -0.05) is 50.4 Å². The maximum Gasteiger partial charge on any atom is 0.311 e. The first kappa shape index (κ1) is 22.4. The normalized spacial score (nSPS) is 47.3. The number of esters is 1. The fraction of sp³-hybridized carbons (Fsp3) is 0.741. The molecule has 174 valence electrons. The quantitative estimate of drug-likeness (QED) is 0.405. The Kier molecular flexibility index (Phi) is 4.92. The fourth-order valence-electron chi connectivity index (χ4n) is 9.29. The van der Waals surface area contributed by atoms with Gasteiger partial charge in [0.25, 0.3) is 0 Å². The van der Waals surface area contributed by atoms with Crippen molar-refractivity contribution >= 4 is 29.1 Å². The molecule has 0 aromatic heterocycles. The Morgan fingerprint density at radius 3 is 2.53 bits per heavy atom. The van der Waals surface area contributed by atoms with Gasteiger partial charge in [0, 0.05) is 23.3 Å². The highest BCUT2D eigenvalue weighted by Gasteiger charge is 2.71. The largest absolute Gasteiger partial charge is 0.469 e. The number of carbonyl (C=O) groups is 3. The lowest BCUT2D eigenvalue weighted by Crippen LogP contribution is -2.67. The molecular formula is C27H35ClO4. The Morgan fingerprint density at radius 1 is 1.16 bits per heavy atom. The number of hydrogen-bond donors (Lipinski definition) is 0. The van der Waals surface area contributed by atoms with Gasteiger partial charge in [-0.3, -0.25) is 14.4 Å². The van der Waals surface area contributed by atoms with Gasteiger partial charge in [0.1, 0.15) is 0 Å². The molecule has 3 fully saturated rings. The molecule has 0 saturated heterocycles. The van der Waals surface area contributed by atoms with E-state index >= 15 is 0 Å². The van der Waals surface area contributed by atoms with Gasteiger partial charge in [-0.05, 0) is 68.1 Å². The number of hydrogen-bond acceptors (Lipinski definition) is 4. The Morgan fingerprint density at radius 2 is 1.88 bits per heavy atom. The molecule has 4 nitrogen and oxygen atoms in total. The van der Waals surface area contributed by atoms with Crippen molar-refractivity contribution in [1.29, 1.82) is 0 Å². The average molecular weight is 459 g/mol. The molecule has 3 saturated carbocycles. The number of Topliss-reactive ketones (excluding diaryl/α,β-unsaturated/α-hetero) is 1. The van der Waals surface area contributed by atoms with Gasteiger partial charge < -0.3 is 4.74 Å². The van der Waals surface area contributed by atoms with E-state index in [4.69, 9.17) is 16.3 Å². The van der Waals surface area contributed by atoms with E-state index < -0.39 is 5.41 Å². The zero-order valence-corrected chi connectivity index (χ0v) is 20.6. The summed E-state index contributed by atoms with van der Waals surface area (Å²) in [7, 11) is 1.50. The molecule has 0 aliphatic heterocycles. The van der Waals surface area contributed by atoms with E-state index in [0.29, 0.717) is 5.92 Å². The predicted octanol–water partition coefficient (Wildman–Crippen LogP) is 5.49. The third-order valence-corrected chi connectivity index (χ3v) is 10.7. The molecule has 5 heteroatoms. The molecule has 0 aromatic carbocycles. The molecule has 6 rings (SSSR count). The van der Waals surface area contributed by atoms with Crippen LogP contribution in [0.2, 0.25) is 0 Å². The molecule has 8 atom stereocenters. The number of methoxy groups -OCH3 is 1. The van der Waals surface area contributed by atoms with Gasteiger partial charge in [-0.2, -0.15) is 0 Å². The average Bonchev–Trinajstić information content (AvgIpc) is 2.75. The lowest BCUT2D eigenvalue weighted by Gasteiger charge is -2.69. The Labute approximate surface area is 196 Å². The van der Waals surface area contributed by atoms with Crippen LogP contribution < -0.4 is 0 Å². The van der Waals surface area contributed by atoms with Gasteiger partial charge in [0.2, 0.25) is 0 Å². The highest BCUT2D eigenvalue weighted by atomic mass is 35.5. The summed E-state index contributed by atoms with van der Waals surface area (Å²) in [6, 6.07) is 0. The first-order valence-electron chi connectivity index (χ1n) is 12.3. The molecule has 6 aliphatic carbocycles. The molecule has 2 bridgehead atoms. The van der Waals surface area contributed by atoms with Gasteiger partial charge in [0.15, 0.2) is 11.6 Å². The van der Waals surface area contributed by atoms with E-state index in [1.807, 2.05) is 0 Å². The van der Waals surface area contributed by atoms with Crippen molar-refractivity contribution in [3.8, 4) is 0 Å². The van der Waals surface area contributed by atoms with Gasteiger partial charge in [0.05, 0.1) is 17.6 Å². The monoisotopic (exact) mass is 458 g/mol. The summed E-state index contributed by atoms with van der Waals surface area (Å²) in [5.74, 6) is 0.180. The van der Waals surface area contributed by atoms with E-state index in [-0.39, 0.29) is 63.0 Å². The van der Waals surface area contributed by atoms with Crippen LogP contribution in [0, 0.1) is 51.8 Å². The van der Waals surface area contributed by atoms with Gasteiger partial charge >= 0.3 is 5.97 Å². The maximum absolute atomic E-state index is 13.5. The number of allylic oxidation sites excluding steroid dienone is 4. The highest BCUT2D eigenvalue weighted by molar-refractivity contribution is 6.45. The summed E-state index contributed by atoms with van der Waals surface area (Å²) >= 11 is 6.33. The Balaban J connectivity index is 1.67. The van der Waals surface area contributed by atoms with Crippen LogP contribution >= 0.6 is 11.6 Å². The van der Waals surface area contributed by atoms with E-state index in [1.54, 1.807) is 0 Å². The second kappa shape index (κ2) is 7.04. The minimum absolute atomic E-state index is 0.0315. The van der Waals surface area contributed by atoms with E-state index in [0.717, 1.165) is 38.5 Å². The number of halogens is 1. The second-order valence-electron chi connectivity index (χ2n) is 11.9. The van der Waals surface area contributed by atoms with Crippen LogP contribution in [0.4, 0.5) is 0 Å². The SMILES string of the molecule is COC(=O)[C@]1(C)CCC[C@]2(C)[C@@H]3C[C@H]4C(C(C)C)=C[C@@]3(CC[C@@H]21)[C@@H]1C(=O)C(Cl)=CC(=O)[C@H]14. The minimum Gasteiger partial charge on any atom is -0.469 e. The lowest BCUT2D eigenvalue weighted by molar-refractivity contribution is -0.199. The molecule has 0 unspecified atom stereocenters. The Bertz CT molecular complexity index is 963. The number of ketones is 2. The zero-order chi connectivity index (χ0) is 23.2. The second-order valence-corrected chi connectivity index (χ2v) is 12.3. The molecule has 0 radical (unpaired) electrons. The zero-order valence-electron chi connectivity index (χ0n) is 19.9. The van der Waals surface area contributed by atoms with Gasteiger partial charge in [-0.15, -0.1) is 0 Å². The topological polar surface area (TPSA) is 60.4 Å². The summed E-state index contributed by atoms with van der Waals surface area (Å²) in [5, 5.41) is 0.103. The number of fused-ring (bicyclic) bond motifs is 1. The third-order valence-electron chi connectivity index (χ3n) is 10.4. The van der Waals surface area contributed by atoms with E-state index in [2.05, 4.69) is 33.8 Å². The molecule has 0 heterocycles. The fourth-order valence-corrected chi connectivity index (χ4v) is 9.52. The first-order chi connectivity index (χ1) is 15.0. The van der Waals surface area contributed by atoms with Crippen molar-refractivity contribution in [1.82, 2.24) is 0 Å². The molecule has 32 heavy (non-hydrogen) atoms. The van der Waals surface area contributed by atoms with Crippen LogP contribution in [-0.4, -0.2) is 24.6 Å². The van der Waals surface area contributed by atoms with Crippen LogP contribution in [-0.2, 0) is 19.1 Å². The summed E-state index contributed by atoms with van der Waals surface area (Å²) in [6.07, 6.45) is 9.33. The summed E-state index contributed by atoms with van der Waals surface area (Å²) in [5.41, 5.74) is 0.440. The van der Waals surface area contributed by atoms with Crippen molar-refractivity contribution in [2.24, 2.45) is 51.8 Å². The van der Waals surface area contributed by atoms with Crippen molar-refractivity contribution in [3.63, 3.8) is 0 Å².